The summed E-state index contributed by atoms with van der Waals surface area (Å²) in [7, 11) is -3.18. The van der Waals surface area contributed by atoms with Crippen molar-refractivity contribution in [3.05, 3.63) is 21.4 Å². The Morgan fingerprint density at radius 2 is 1.75 bits per heavy atom. The van der Waals surface area contributed by atoms with Crippen molar-refractivity contribution in [3.63, 3.8) is 0 Å². The predicted octanol–water partition coefficient (Wildman–Crippen LogP) is 2.51. The molecule has 0 radical (unpaired) electrons. The second-order valence-corrected chi connectivity index (χ2v) is 9.90. The highest BCUT2D eigenvalue weighted by molar-refractivity contribution is 7.88. The molecule has 1 aliphatic heterocycles. The zero-order valence-corrected chi connectivity index (χ0v) is 15.9. The third-order valence-corrected chi connectivity index (χ3v) is 7.45. The highest BCUT2D eigenvalue weighted by atomic mass is 32.2. The van der Waals surface area contributed by atoms with Gasteiger partial charge in [-0.3, -0.25) is 4.79 Å². The molecule has 1 amide bonds. The number of hydrogen-bond donors (Lipinski definition) is 0. The van der Waals surface area contributed by atoms with Gasteiger partial charge in [0, 0.05) is 31.1 Å². The van der Waals surface area contributed by atoms with Gasteiger partial charge in [0.1, 0.15) is 0 Å². The molecule has 2 aliphatic rings. The maximum Gasteiger partial charge on any atom is 0.263 e. The average Bonchev–Trinajstić information content (AvgIpc) is 2.73. The maximum atomic E-state index is 12.9. The largest absolute Gasteiger partial charge is 0.337 e. The first kappa shape index (κ1) is 17.9. The maximum absolute atomic E-state index is 12.9. The molecule has 5 nitrogen and oxygen atoms in total. The summed E-state index contributed by atoms with van der Waals surface area (Å²) in [6, 6.07) is 2.09. The molecule has 0 unspecified atom stereocenters. The minimum absolute atomic E-state index is 0.0714. The topological polar surface area (TPSA) is 57.7 Å². The predicted molar refractivity (Wildman–Crippen MR) is 97.1 cm³/mol. The van der Waals surface area contributed by atoms with Gasteiger partial charge in [-0.2, -0.15) is 0 Å². The average molecular weight is 371 g/mol. The van der Waals surface area contributed by atoms with Gasteiger partial charge in [-0.25, -0.2) is 12.7 Å². The van der Waals surface area contributed by atoms with Crippen LogP contribution in [0.15, 0.2) is 6.07 Å². The Labute approximate surface area is 148 Å². The van der Waals surface area contributed by atoms with Crippen LogP contribution in [0, 0.1) is 0 Å². The molecule has 1 fully saturated rings. The minimum atomic E-state index is -3.18. The van der Waals surface area contributed by atoms with E-state index in [1.54, 1.807) is 11.3 Å². The van der Waals surface area contributed by atoms with Gasteiger partial charge in [-0.15, -0.1) is 11.3 Å². The number of aryl methyl sites for hydroxylation is 2. The Kier molecular flexibility index (Phi) is 5.62. The van der Waals surface area contributed by atoms with Crippen LogP contribution in [-0.2, 0) is 22.9 Å². The summed E-state index contributed by atoms with van der Waals surface area (Å²) in [6.45, 7) is 2.01. The third-order valence-electron chi connectivity index (χ3n) is 4.92. The molecule has 0 spiro atoms. The Balaban J connectivity index is 1.71. The molecule has 0 bridgehead atoms. The summed E-state index contributed by atoms with van der Waals surface area (Å²) in [5, 5.41) is 0. The minimum Gasteiger partial charge on any atom is -0.337 e. The zero-order valence-electron chi connectivity index (χ0n) is 14.3. The summed E-state index contributed by atoms with van der Waals surface area (Å²) in [6.07, 6.45) is 9.11. The number of carbonyl (C=O) groups excluding carboxylic acids is 1. The van der Waals surface area contributed by atoms with Crippen LogP contribution in [0.4, 0.5) is 0 Å². The lowest BCUT2D eigenvalue weighted by Crippen LogP contribution is -2.36. The Hall–Kier alpha value is -0.920. The molecule has 1 aromatic heterocycles. The van der Waals surface area contributed by atoms with Crippen molar-refractivity contribution in [3.8, 4) is 0 Å². The SMILES string of the molecule is CS(=O)(=O)N1CCCN(C(=O)c2cc3c(s2)CCCCCC3)CC1. The normalized spacial score (nSPS) is 20.8. The molecule has 2 heterocycles. The molecule has 1 saturated heterocycles. The van der Waals surface area contributed by atoms with Crippen LogP contribution in [0.2, 0.25) is 0 Å². The molecule has 0 N–H and O–H groups in total. The first-order valence-electron chi connectivity index (χ1n) is 8.81. The smallest absolute Gasteiger partial charge is 0.263 e. The number of hydrogen-bond acceptors (Lipinski definition) is 4. The van der Waals surface area contributed by atoms with Crippen molar-refractivity contribution in [1.29, 1.82) is 0 Å². The molecule has 3 rings (SSSR count). The van der Waals surface area contributed by atoms with Crippen molar-refractivity contribution in [2.75, 3.05) is 32.4 Å². The monoisotopic (exact) mass is 370 g/mol. The number of nitrogens with zero attached hydrogens (tertiary/aromatic N) is 2. The van der Waals surface area contributed by atoms with Crippen LogP contribution in [0.1, 0.15) is 52.2 Å². The molecule has 0 saturated carbocycles. The van der Waals surface area contributed by atoms with Gasteiger partial charge in [0.25, 0.3) is 5.91 Å². The number of amides is 1. The fourth-order valence-corrected chi connectivity index (χ4v) is 5.63. The summed E-state index contributed by atoms with van der Waals surface area (Å²) < 4.78 is 24.9. The molecule has 134 valence electrons. The molecule has 1 aliphatic carbocycles. The van der Waals surface area contributed by atoms with Gasteiger partial charge in [-0.1, -0.05) is 12.8 Å². The molecular formula is C17H26N2O3S2. The van der Waals surface area contributed by atoms with Crippen LogP contribution in [0.25, 0.3) is 0 Å². The van der Waals surface area contributed by atoms with Crippen molar-refractivity contribution in [1.82, 2.24) is 9.21 Å². The molecule has 0 aromatic carbocycles. The number of rotatable bonds is 2. The zero-order chi connectivity index (χ0) is 17.2. The molecular weight excluding hydrogens is 344 g/mol. The number of fused-ring (bicyclic) bond motifs is 1. The first-order chi connectivity index (χ1) is 11.4. The fraction of sp³-hybridized carbons (Fsp3) is 0.706. The van der Waals surface area contributed by atoms with E-state index in [9.17, 15) is 13.2 Å². The van der Waals surface area contributed by atoms with Gasteiger partial charge in [0.15, 0.2) is 0 Å². The quantitative estimate of drug-likeness (QED) is 0.804. The lowest BCUT2D eigenvalue weighted by atomic mass is 10.00. The number of thiophene rings is 1. The molecule has 1 aromatic rings. The van der Waals surface area contributed by atoms with E-state index < -0.39 is 10.0 Å². The standard InChI is InChI=1S/C17H26N2O3S2/c1-24(21,22)19-10-6-9-18(11-12-19)17(20)16-13-14-7-4-2-3-5-8-15(14)23-16/h13H,2-12H2,1H3. The first-order valence-corrected chi connectivity index (χ1v) is 11.5. The fourth-order valence-electron chi connectivity index (χ4n) is 3.53. The van der Waals surface area contributed by atoms with E-state index >= 15 is 0 Å². The lowest BCUT2D eigenvalue weighted by Gasteiger charge is -2.20. The highest BCUT2D eigenvalue weighted by Crippen LogP contribution is 2.29. The van der Waals surface area contributed by atoms with Crippen LogP contribution in [0.5, 0.6) is 0 Å². The third kappa shape index (κ3) is 4.18. The second kappa shape index (κ2) is 7.54. The molecule has 24 heavy (non-hydrogen) atoms. The van der Waals surface area contributed by atoms with Crippen LogP contribution in [0.3, 0.4) is 0 Å². The van der Waals surface area contributed by atoms with Crippen molar-refractivity contribution < 1.29 is 13.2 Å². The molecule has 0 atom stereocenters. The van der Waals surface area contributed by atoms with Gasteiger partial charge in [0.05, 0.1) is 11.1 Å². The van der Waals surface area contributed by atoms with Gasteiger partial charge < -0.3 is 4.90 Å². The van der Waals surface area contributed by atoms with Crippen LogP contribution >= 0.6 is 11.3 Å². The number of carbonyl (C=O) groups is 1. The van der Waals surface area contributed by atoms with Crippen molar-refractivity contribution >= 4 is 27.3 Å². The summed E-state index contributed by atoms with van der Waals surface area (Å²) in [4.78, 5) is 16.9. The lowest BCUT2D eigenvalue weighted by molar-refractivity contribution is 0.0769. The van der Waals surface area contributed by atoms with Crippen molar-refractivity contribution in [2.24, 2.45) is 0 Å². The number of sulfonamides is 1. The van der Waals surface area contributed by atoms with E-state index in [-0.39, 0.29) is 5.91 Å². The van der Waals surface area contributed by atoms with Gasteiger partial charge in [-0.05, 0) is 43.7 Å². The summed E-state index contributed by atoms with van der Waals surface area (Å²) in [5.41, 5.74) is 1.36. The van der Waals surface area contributed by atoms with E-state index in [0.29, 0.717) is 32.6 Å². The molecule has 7 heteroatoms. The van der Waals surface area contributed by atoms with Gasteiger partial charge in [0.2, 0.25) is 10.0 Å². The second-order valence-electron chi connectivity index (χ2n) is 6.78. The van der Waals surface area contributed by atoms with E-state index in [1.165, 1.54) is 46.7 Å². The van der Waals surface area contributed by atoms with Crippen molar-refractivity contribution in [2.45, 2.75) is 44.9 Å². The summed E-state index contributed by atoms with van der Waals surface area (Å²) in [5.74, 6) is 0.0714. The highest BCUT2D eigenvalue weighted by Gasteiger charge is 2.26. The van der Waals surface area contributed by atoms with Crippen LogP contribution < -0.4 is 0 Å². The Bertz CT molecular complexity index is 671. The van der Waals surface area contributed by atoms with E-state index in [2.05, 4.69) is 6.07 Å². The van der Waals surface area contributed by atoms with E-state index in [0.717, 1.165) is 17.7 Å². The van der Waals surface area contributed by atoms with E-state index in [4.69, 9.17) is 0 Å². The van der Waals surface area contributed by atoms with E-state index in [1.807, 2.05) is 4.90 Å². The van der Waals surface area contributed by atoms with Gasteiger partial charge >= 0.3 is 0 Å². The summed E-state index contributed by atoms with van der Waals surface area (Å²) >= 11 is 1.65. The van der Waals surface area contributed by atoms with Crippen LogP contribution in [-0.4, -0.2) is 56.0 Å². The Morgan fingerprint density at radius 1 is 1.00 bits per heavy atom. The Morgan fingerprint density at radius 3 is 2.50 bits per heavy atom.